The normalized spacial score (nSPS) is 16.3. The Bertz CT molecular complexity index is 395. The van der Waals surface area contributed by atoms with Crippen LogP contribution in [0.5, 0.6) is 0 Å². The number of likely N-dealkylation sites (tertiary alicyclic amines) is 1. The predicted octanol–water partition coefficient (Wildman–Crippen LogP) is 0.923. The van der Waals surface area contributed by atoms with E-state index in [2.05, 4.69) is 10.1 Å². The van der Waals surface area contributed by atoms with Crippen LogP contribution in [-0.2, 0) is 19.1 Å². The molecule has 0 aromatic heterocycles. The molecule has 1 saturated heterocycles. The van der Waals surface area contributed by atoms with E-state index in [4.69, 9.17) is 4.74 Å². The maximum absolute atomic E-state index is 11.9. The number of piperidine rings is 1. The van der Waals surface area contributed by atoms with Crippen LogP contribution in [0.4, 0.5) is 4.79 Å². The average Bonchev–Trinajstić information content (AvgIpc) is 2.42. The van der Waals surface area contributed by atoms with E-state index in [1.54, 1.807) is 4.90 Å². The average molecular weight is 300 g/mol. The Morgan fingerprint density at radius 2 is 1.76 bits per heavy atom. The van der Waals surface area contributed by atoms with E-state index in [1.165, 1.54) is 7.11 Å². The minimum atomic E-state index is -0.522. The van der Waals surface area contributed by atoms with Gasteiger partial charge in [0.25, 0.3) is 0 Å². The lowest BCUT2D eigenvalue weighted by Crippen LogP contribution is -2.45. The lowest BCUT2D eigenvalue weighted by Gasteiger charge is -2.32. The third-order valence-electron chi connectivity index (χ3n) is 3.15. The van der Waals surface area contributed by atoms with Crippen LogP contribution in [0, 0.1) is 5.92 Å². The number of nitrogens with one attached hydrogen (secondary N) is 1. The topological polar surface area (TPSA) is 84.9 Å². The monoisotopic (exact) mass is 300 g/mol. The number of nitrogens with zero attached hydrogens (tertiary/aromatic N) is 1. The Hall–Kier alpha value is -1.79. The summed E-state index contributed by atoms with van der Waals surface area (Å²) < 4.78 is 9.75. The molecule has 0 aliphatic carbocycles. The summed E-state index contributed by atoms with van der Waals surface area (Å²) in [4.78, 5) is 36.3. The zero-order valence-corrected chi connectivity index (χ0v) is 13.1. The van der Waals surface area contributed by atoms with Crippen LogP contribution in [0.15, 0.2) is 0 Å². The van der Waals surface area contributed by atoms with Crippen LogP contribution in [0.3, 0.4) is 0 Å². The molecule has 0 spiro atoms. The third kappa shape index (κ3) is 6.01. The van der Waals surface area contributed by atoms with Gasteiger partial charge in [0.2, 0.25) is 5.91 Å². The minimum absolute atomic E-state index is 0.123. The van der Waals surface area contributed by atoms with Gasteiger partial charge in [-0.15, -0.1) is 0 Å². The zero-order valence-electron chi connectivity index (χ0n) is 13.1. The Morgan fingerprint density at radius 1 is 1.19 bits per heavy atom. The molecule has 0 atom stereocenters. The highest BCUT2D eigenvalue weighted by Crippen LogP contribution is 2.19. The second kappa shape index (κ2) is 7.28. The molecule has 1 aliphatic heterocycles. The van der Waals surface area contributed by atoms with E-state index in [-0.39, 0.29) is 24.5 Å². The molecule has 1 rings (SSSR count). The van der Waals surface area contributed by atoms with E-state index >= 15 is 0 Å². The predicted molar refractivity (Wildman–Crippen MR) is 75.6 cm³/mol. The molecule has 0 bridgehead atoms. The summed E-state index contributed by atoms with van der Waals surface area (Å²) in [5.41, 5.74) is -0.522. The van der Waals surface area contributed by atoms with E-state index in [0.717, 1.165) is 0 Å². The number of amides is 2. The summed E-state index contributed by atoms with van der Waals surface area (Å²) in [6.07, 6.45) is 0.773. The number of hydrogen-bond acceptors (Lipinski definition) is 5. The number of ether oxygens (including phenoxy) is 2. The second-order valence-corrected chi connectivity index (χ2v) is 6.04. The molecule has 1 aliphatic rings. The van der Waals surface area contributed by atoms with Crippen LogP contribution >= 0.6 is 0 Å². The molecule has 120 valence electrons. The van der Waals surface area contributed by atoms with Gasteiger partial charge >= 0.3 is 12.1 Å². The Morgan fingerprint density at radius 3 is 2.24 bits per heavy atom. The van der Waals surface area contributed by atoms with Gasteiger partial charge in [-0.25, -0.2) is 4.79 Å². The molecule has 0 radical (unpaired) electrons. The van der Waals surface area contributed by atoms with Gasteiger partial charge in [0.05, 0.1) is 7.11 Å². The quantitative estimate of drug-likeness (QED) is 0.784. The first kappa shape index (κ1) is 17.3. The molecule has 0 unspecified atom stereocenters. The number of carbonyl (C=O) groups is 3. The standard InChI is InChI=1S/C14H24N2O5/c1-14(2,3)21-13(19)16-7-5-10(6-8-16)12(18)15-9-11(17)20-4/h10H,5-9H2,1-4H3,(H,15,18). The molecular weight excluding hydrogens is 276 g/mol. The first-order valence-corrected chi connectivity index (χ1v) is 7.05. The minimum Gasteiger partial charge on any atom is -0.468 e. The van der Waals surface area contributed by atoms with Gasteiger partial charge in [-0.1, -0.05) is 0 Å². The Labute approximate surface area is 124 Å². The summed E-state index contributed by atoms with van der Waals surface area (Å²) in [6, 6.07) is 0. The van der Waals surface area contributed by atoms with Gasteiger partial charge < -0.3 is 19.7 Å². The fraction of sp³-hybridized carbons (Fsp3) is 0.786. The molecular formula is C14H24N2O5. The fourth-order valence-electron chi connectivity index (χ4n) is 2.03. The van der Waals surface area contributed by atoms with Crippen molar-refractivity contribution in [2.24, 2.45) is 5.92 Å². The first-order chi connectivity index (χ1) is 9.73. The van der Waals surface area contributed by atoms with Crippen LogP contribution in [0.1, 0.15) is 33.6 Å². The van der Waals surface area contributed by atoms with Gasteiger partial charge in [0.15, 0.2) is 0 Å². The molecule has 1 N–H and O–H groups in total. The van der Waals surface area contributed by atoms with Gasteiger partial charge in [0, 0.05) is 19.0 Å². The van der Waals surface area contributed by atoms with E-state index in [0.29, 0.717) is 25.9 Å². The lowest BCUT2D eigenvalue weighted by molar-refractivity contribution is -0.141. The van der Waals surface area contributed by atoms with Crippen molar-refractivity contribution in [2.75, 3.05) is 26.7 Å². The van der Waals surface area contributed by atoms with E-state index in [9.17, 15) is 14.4 Å². The van der Waals surface area contributed by atoms with Crippen LogP contribution < -0.4 is 5.32 Å². The molecule has 7 heteroatoms. The zero-order chi connectivity index (χ0) is 16.0. The van der Waals surface area contributed by atoms with Gasteiger partial charge in [-0.3, -0.25) is 9.59 Å². The molecule has 7 nitrogen and oxygen atoms in total. The summed E-state index contributed by atoms with van der Waals surface area (Å²) in [5, 5.41) is 2.54. The van der Waals surface area contributed by atoms with Crippen molar-refractivity contribution >= 4 is 18.0 Å². The first-order valence-electron chi connectivity index (χ1n) is 7.05. The summed E-state index contributed by atoms with van der Waals surface area (Å²) in [6.45, 7) is 6.28. The molecule has 0 aromatic carbocycles. The summed E-state index contributed by atoms with van der Waals surface area (Å²) in [5.74, 6) is -0.841. The number of methoxy groups -OCH3 is 1. The number of esters is 1. The SMILES string of the molecule is COC(=O)CNC(=O)C1CCN(C(=O)OC(C)(C)C)CC1. The van der Waals surface area contributed by atoms with Crippen LogP contribution in [0.2, 0.25) is 0 Å². The molecule has 2 amide bonds. The molecule has 1 heterocycles. The highest BCUT2D eigenvalue weighted by Gasteiger charge is 2.29. The van der Waals surface area contributed by atoms with Crippen molar-refractivity contribution in [3.8, 4) is 0 Å². The smallest absolute Gasteiger partial charge is 0.410 e. The van der Waals surface area contributed by atoms with Crippen molar-refractivity contribution in [1.82, 2.24) is 10.2 Å². The van der Waals surface area contributed by atoms with Gasteiger partial charge in [-0.05, 0) is 33.6 Å². The summed E-state index contributed by atoms with van der Waals surface area (Å²) >= 11 is 0. The number of carbonyl (C=O) groups excluding carboxylic acids is 3. The summed E-state index contributed by atoms with van der Waals surface area (Å²) in [7, 11) is 1.27. The largest absolute Gasteiger partial charge is 0.468 e. The van der Waals surface area contributed by atoms with Crippen LogP contribution in [0.25, 0.3) is 0 Å². The van der Waals surface area contributed by atoms with E-state index in [1.807, 2.05) is 20.8 Å². The fourth-order valence-corrected chi connectivity index (χ4v) is 2.03. The Kier molecular flexibility index (Phi) is 5.99. The maximum atomic E-state index is 11.9. The maximum Gasteiger partial charge on any atom is 0.410 e. The molecule has 21 heavy (non-hydrogen) atoms. The van der Waals surface area contributed by atoms with Gasteiger partial charge in [0.1, 0.15) is 12.1 Å². The van der Waals surface area contributed by atoms with E-state index < -0.39 is 11.6 Å². The van der Waals surface area contributed by atoms with Crippen molar-refractivity contribution in [3.63, 3.8) is 0 Å². The van der Waals surface area contributed by atoms with Crippen molar-refractivity contribution in [1.29, 1.82) is 0 Å². The van der Waals surface area contributed by atoms with Crippen molar-refractivity contribution in [2.45, 2.75) is 39.2 Å². The second-order valence-electron chi connectivity index (χ2n) is 6.04. The van der Waals surface area contributed by atoms with Crippen molar-refractivity contribution < 1.29 is 23.9 Å². The molecule has 0 saturated carbocycles. The Balaban J connectivity index is 2.36. The number of hydrogen-bond donors (Lipinski definition) is 1. The lowest BCUT2D eigenvalue weighted by atomic mass is 9.96. The van der Waals surface area contributed by atoms with Crippen LogP contribution in [-0.4, -0.2) is 55.2 Å². The van der Waals surface area contributed by atoms with Crippen molar-refractivity contribution in [3.05, 3.63) is 0 Å². The molecule has 0 aromatic rings. The third-order valence-corrected chi connectivity index (χ3v) is 3.15. The molecule has 1 fully saturated rings. The van der Waals surface area contributed by atoms with Gasteiger partial charge in [-0.2, -0.15) is 0 Å². The highest BCUT2D eigenvalue weighted by molar-refractivity contribution is 5.83. The highest BCUT2D eigenvalue weighted by atomic mass is 16.6. The number of rotatable bonds is 3.